The van der Waals surface area contributed by atoms with E-state index in [0.29, 0.717) is 22.7 Å². The van der Waals surface area contributed by atoms with Crippen molar-refractivity contribution in [2.24, 2.45) is 0 Å². The van der Waals surface area contributed by atoms with Crippen LogP contribution in [0.5, 0.6) is 5.75 Å². The van der Waals surface area contributed by atoms with Crippen LogP contribution < -0.4 is 9.64 Å². The summed E-state index contributed by atoms with van der Waals surface area (Å²) in [4.78, 5) is 16.6. The standard InChI is InChI=1S/C25H22FNO3S/c1-29-19-11-6-10-18(16-19)27(17-8-4-3-5-9-17)25(28)23-15-14-22(31-23)20-12-7-13-21(30-2)24(20)26/h3-11,13-16,20H,12H2,1-2H3. The molecule has 1 amide bonds. The smallest absolute Gasteiger partial charge is 0.272 e. The molecule has 1 aromatic heterocycles. The Morgan fingerprint density at radius 1 is 1.00 bits per heavy atom. The average Bonchev–Trinajstić information content (AvgIpc) is 3.30. The Hall–Kier alpha value is -3.38. The van der Waals surface area contributed by atoms with E-state index in [1.54, 1.807) is 24.2 Å². The highest BCUT2D eigenvalue weighted by Crippen LogP contribution is 2.39. The molecule has 0 fully saturated rings. The Balaban J connectivity index is 1.70. The largest absolute Gasteiger partial charge is 0.497 e. The maximum absolute atomic E-state index is 14.8. The van der Waals surface area contributed by atoms with Gasteiger partial charge in [-0.2, -0.15) is 0 Å². The molecule has 0 N–H and O–H groups in total. The van der Waals surface area contributed by atoms with Crippen LogP contribution in [-0.2, 0) is 4.74 Å². The minimum Gasteiger partial charge on any atom is -0.497 e. The first-order valence-electron chi connectivity index (χ1n) is 9.86. The van der Waals surface area contributed by atoms with E-state index in [1.165, 1.54) is 18.4 Å². The number of allylic oxidation sites excluding steroid dienone is 3. The van der Waals surface area contributed by atoms with Gasteiger partial charge < -0.3 is 9.47 Å². The van der Waals surface area contributed by atoms with E-state index in [2.05, 4.69) is 0 Å². The van der Waals surface area contributed by atoms with Gasteiger partial charge in [0.2, 0.25) is 0 Å². The van der Waals surface area contributed by atoms with Crippen molar-refractivity contribution in [3.05, 3.63) is 100 Å². The van der Waals surface area contributed by atoms with Crippen LogP contribution in [0.25, 0.3) is 0 Å². The van der Waals surface area contributed by atoms with Crippen LogP contribution in [0.4, 0.5) is 15.8 Å². The molecule has 0 aliphatic heterocycles. The summed E-state index contributed by atoms with van der Waals surface area (Å²) in [6.07, 6.45) is 4.07. The molecule has 0 bridgehead atoms. The van der Waals surface area contributed by atoms with Gasteiger partial charge in [0, 0.05) is 16.6 Å². The number of thiophene rings is 1. The second-order valence-corrected chi connectivity index (χ2v) is 8.10. The van der Waals surface area contributed by atoms with Crippen molar-refractivity contribution in [2.75, 3.05) is 19.1 Å². The number of ether oxygens (including phenoxy) is 2. The normalized spacial score (nSPS) is 15.6. The lowest BCUT2D eigenvalue weighted by molar-refractivity contribution is 0.100. The fraction of sp³-hybridized carbons (Fsp3) is 0.160. The molecule has 1 heterocycles. The zero-order valence-electron chi connectivity index (χ0n) is 17.2. The molecule has 0 spiro atoms. The lowest BCUT2D eigenvalue weighted by Crippen LogP contribution is -2.25. The van der Waals surface area contributed by atoms with Gasteiger partial charge in [-0.25, -0.2) is 4.39 Å². The second kappa shape index (κ2) is 9.18. The Bertz CT molecular complexity index is 1140. The number of anilines is 2. The Morgan fingerprint density at radius 2 is 1.77 bits per heavy atom. The van der Waals surface area contributed by atoms with Crippen LogP contribution in [0.1, 0.15) is 26.9 Å². The Labute approximate surface area is 184 Å². The Morgan fingerprint density at radius 3 is 2.52 bits per heavy atom. The van der Waals surface area contributed by atoms with Crippen molar-refractivity contribution in [3.63, 3.8) is 0 Å². The number of hydrogen-bond acceptors (Lipinski definition) is 4. The van der Waals surface area contributed by atoms with Gasteiger partial charge in [-0.3, -0.25) is 9.69 Å². The molecule has 158 valence electrons. The van der Waals surface area contributed by atoms with Crippen LogP contribution in [0.15, 0.2) is 90.5 Å². The van der Waals surface area contributed by atoms with Crippen molar-refractivity contribution >= 4 is 28.6 Å². The van der Waals surface area contributed by atoms with E-state index >= 15 is 0 Å². The third-order valence-corrected chi connectivity index (χ3v) is 6.30. The van der Waals surface area contributed by atoms with Crippen LogP contribution in [0, 0.1) is 0 Å². The zero-order chi connectivity index (χ0) is 21.8. The number of carbonyl (C=O) groups is 1. The zero-order valence-corrected chi connectivity index (χ0v) is 18.1. The molecular formula is C25H22FNO3S. The summed E-state index contributed by atoms with van der Waals surface area (Å²) in [6, 6.07) is 20.4. The third-order valence-electron chi connectivity index (χ3n) is 5.11. The van der Waals surface area contributed by atoms with Crippen LogP contribution in [-0.4, -0.2) is 20.1 Å². The molecule has 2 aromatic carbocycles. The van der Waals surface area contributed by atoms with Crippen molar-refractivity contribution < 1.29 is 18.7 Å². The summed E-state index contributed by atoms with van der Waals surface area (Å²) in [5.41, 5.74) is 1.43. The van der Waals surface area contributed by atoms with Gasteiger partial charge in [-0.1, -0.05) is 30.3 Å². The molecule has 6 heteroatoms. The third kappa shape index (κ3) is 4.25. The molecule has 1 unspecified atom stereocenters. The van der Waals surface area contributed by atoms with Gasteiger partial charge in [-0.15, -0.1) is 11.3 Å². The maximum atomic E-state index is 14.8. The number of para-hydroxylation sites is 1. The molecule has 31 heavy (non-hydrogen) atoms. The first kappa shape index (κ1) is 20.9. The van der Waals surface area contributed by atoms with Gasteiger partial charge in [0.1, 0.15) is 5.75 Å². The van der Waals surface area contributed by atoms with E-state index < -0.39 is 5.92 Å². The number of rotatable bonds is 6. The molecule has 1 aliphatic rings. The maximum Gasteiger partial charge on any atom is 0.272 e. The van der Waals surface area contributed by atoms with Gasteiger partial charge in [0.25, 0.3) is 5.91 Å². The number of hydrogen-bond donors (Lipinski definition) is 0. The van der Waals surface area contributed by atoms with Crippen LogP contribution in [0.2, 0.25) is 0 Å². The van der Waals surface area contributed by atoms with Crippen LogP contribution in [0.3, 0.4) is 0 Å². The fourth-order valence-corrected chi connectivity index (χ4v) is 4.59. The van der Waals surface area contributed by atoms with E-state index in [0.717, 1.165) is 10.6 Å². The highest BCUT2D eigenvalue weighted by Gasteiger charge is 2.27. The first-order valence-corrected chi connectivity index (χ1v) is 10.7. The monoisotopic (exact) mass is 435 g/mol. The minimum atomic E-state index is -0.437. The SMILES string of the molecule is COC1=C(F)C(c2ccc(C(=O)N(c3ccccc3)c3cccc(OC)c3)s2)CC=C1. The molecule has 0 saturated heterocycles. The molecule has 0 radical (unpaired) electrons. The summed E-state index contributed by atoms with van der Waals surface area (Å²) in [5.74, 6) is -0.0309. The van der Waals surface area contributed by atoms with Gasteiger partial charge >= 0.3 is 0 Å². The molecule has 0 saturated carbocycles. The van der Waals surface area contributed by atoms with Crippen molar-refractivity contribution in [1.29, 1.82) is 0 Å². The first-order chi connectivity index (χ1) is 15.1. The topological polar surface area (TPSA) is 38.8 Å². The number of nitrogens with zero attached hydrogens (tertiary/aromatic N) is 1. The number of halogens is 1. The average molecular weight is 436 g/mol. The summed E-state index contributed by atoms with van der Waals surface area (Å²) in [5, 5.41) is 0. The number of amides is 1. The lowest BCUT2D eigenvalue weighted by Gasteiger charge is -2.23. The van der Waals surface area contributed by atoms with Gasteiger partial charge in [-0.05, 0) is 48.9 Å². The summed E-state index contributed by atoms with van der Waals surface area (Å²) < 4.78 is 25.2. The summed E-state index contributed by atoms with van der Waals surface area (Å²) in [6.45, 7) is 0. The lowest BCUT2D eigenvalue weighted by atomic mass is 9.97. The van der Waals surface area contributed by atoms with Gasteiger partial charge in [0.05, 0.1) is 30.7 Å². The Kier molecular flexibility index (Phi) is 6.18. The molecule has 1 atom stereocenters. The summed E-state index contributed by atoms with van der Waals surface area (Å²) >= 11 is 1.31. The predicted octanol–water partition coefficient (Wildman–Crippen LogP) is 6.61. The molecule has 4 nitrogen and oxygen atoms in total. The fourth-order valence-electron chi connectivity index (χ4n) is 3.55. The minimum absolute atomic E-state index is 0.182. The van der Waals surface area contributed by atoms with E-state index in [9.17, 15) is 9.18 Å². The molecule has 1 aliphatic carbocycles. The summed E-state index contributed by atoms with van der Waals surface area (Å²) in [7, 11) is 3.05. The highest BCUT2D eigenvalue weighted by atomic mass is 32.1. The number of carbonyl (C=O) groups excluding carboxylic acids is 1. The number of benzene rings is 2. The second-order valence-electron chi connectivity index (χ2n) is 6.99. The molecular weight excluding hydrogens is 413 g/mol. The predicted molar refractivity (Wildman–Crippen MR) is 122 cm³/mol. The van der Waals surface area contributed by atoms with E-state index in [1.807, 2.05) is 66.7 Å². The quantitative estimate of drug-likeness (QED) is 0.437. The highest BCUT2D eigenvalue weighted by molar-refractivity contribution is 7.14. The van der Waals surface area contributed by atoms with Crippen molar-refractivity contribution in [3.8, 4) is 5.75 Å². The number of methoxy groups -OCH3 is 2. The van der Waals surface area contributed by atoms with Crippen molar-refractivity contribution in [2.45, 2.75) is 12.3 Å². The van der Waals surface area contributed by atoms with Gasteiger partial charge in [0.15, 0.2) is 11.6 Å². The van der Waals surface area contributed by atoms with Crippen LogP contribution >= 0.6 is 11.3 Å². The molecule has 4 rings (SSSR count). The van der Waals surface area contributed by atoms with Crippen molar-refractivity contribution in [1.82, 2.24) is 0 Å². The van der Waals surface area contributed by atoms with E-state index in [-0.39, 0.29) is 17.5 Å². The van der Waals surface area contributed by atoms with E-state index in [4.69, 9.17) is 9.47 Å². The molecule has 3 aromatic rings.